The molecule has 1 nitrogen and oxygen atoms in total. The van der Waals surface area contributed by atoms with Crippen LogP contribution >= 0.6 is 0 Å². The van der Waals surface area contributed by atoms with Crippen molar-refractivity contribution in [2.75, 3.05) is 13.1 Å². The molecule has 56 valence electrons. The van der Waals surface area contributed by atoms with Gasteiger partial charge in [-0.05, 0) is 25.8 Å². The molecule has 2 rings (SSSR count). The maximum absolute atomic E-state index is 4.10. The van der Waals surface area contributed by atoms with Crippen LogP contribution in [0, 0.1) is 0 Å². The zero-order valence-electron chi connectivity index (χ0n) is 6.47. The number of nitrogens with zero attached hydrogens (tertiary/aromatic N) is 1. The Labute approximate surface area is 62.7 Å². The molecular weight excluding hydrogens is 122 g/mol. The maximum Gasteiger partial charge on any atom is 0.0305 e. The van der Waals surface area contributed by atoms with E-state index in [9.17, 15) is 0 Å². The number of hydrogen-bond donors (Lipinski definition) is 0. The summed E-state index contributed by atoms with van der Waals surface area (Å²) in [5.41, 5.74) is 1.49. The van der Waals surface area contributed by atoms with Crippen molar-refractivity contribution in [1.29, 1.82) is 0 Å². The minimum atomic E-state index is 0.772. The van der Waals surface area contributed by atoms with Crippen LogP contribution in [0.15, 0.2) is 12.2 Å². The van der Waals surface area contributed by atoms with E-state index in [1.807, 2.05) is 0 Å². The monoisotopic (exact) mass is 137 g/mol. The van der Waals surface area contributed by atoms with E-state index in [0.29, 0.717) is 0 Å². The minimum Gasteiger partial charge on any atom is -0.296 e. The molecule has 2 heterocycles. The molecule has 0 spiro atoms. The highest BCUT2D eigenvalue weighted by Crippen LogP contribution is 2.29. The van der Waals surface area contributed by atoms with E-state index in [1.54, 1.807) is 0 Å². The van der Waals surface area contributed by atoms with Gasteiger partial charge in [-0.15, -0.1) is 0 Å². The van der Waals surface area contributed by atoms with Crippen molar-refractivity contribution in [2.45, 2.75) is 31.7 Å². The van der Waals surface area contributed by atoms with Gasteiger partial charge in [0.1, 0.15) is 0 Å². The second-order valence-electron chi connectivity index (χ2n) is 3.46. The van der Waals surface area contributed by atoms with Crippen LogP contribution in [0.3, 0.4) is 0 Å². The molecule has 0 radical (unpaired) electrons. The van der Waals surface area contributed by atoms with Crippen LogP contribution in [0.1, 0.15) is 25.7 Å². The van der Waals surface area contributed by atoms with E-state index >= 15 is 0 Å². The van der Waals surface area contributed by atoms with Gasteiger partial charge >= 0.3 is 0 Å². The van der Waals surface area contributed by atoms with Crippen molar-refractivity contribution in [3.8, 4) is 0 Å². The summed E-state index contributed by atoms with van der Waals surface area (Å²) in [6.07, 6.45) is 5.45. The Bertz CT molecular complexity index is 151. The summed E-state index contributed by atoms with van der Waals surface area (Å²) in [5.74, 6) is 0. The first-order chi connectivity index (χ1) is 4.88. The molecule has 0 N–H and O–H groups in total. The standard InChI is InChI=1S/C9H15N/c1-8-5-7-10-6-3-2-4-9(8)10/h9H,1-7H2. The van der Waals surface area contributed by atoms with Crippen LogP contribution in [-0.2, 0) is 0 Å². The molecule has 2 aliphatic heterocycles. The summed E-state index contributed by atoms with van der Waals surface area (Å²) in [7, 11) is 0. The fourth-order valence-corrected chi connectivity index (χ4v) is 2.17. The summed E-state index contributed by atoms with van der Waals surface area (Å²) in [6.45, 7) is 6.70. The Morgan fingerprint density at radius 1 is 1.30 bits per heavy atom. The third-order valence-corrected chi connectivity index (χ3v) is 2.81. The Morgan fingerprint density at radius 3 is 3.00 bits per heavy atom. The molecule has 0 aliphatic carbocycles. The van der Waals surface area contributed by atoms with Crippen molar-refractivity contribution < 1.29 is 0 Å². The van der Waals surface area contributed by atoms with Gasteiger partial charge in [-0.25, -0.2) is 0 Å². The number of rotatable bonds is 0. The third kappa shape index (κ3) is 0.891. The average Bonchev–Trinajstić information content (AvgIpc) is 2.34. The van der Waals surface area contributed by atoms with Gasteiger partial charge in [0, 0.05) is 12.6 Å². The van der Waals surface area contributed by atoms with Gasteiger partial charge in [0.15, 0.2) is 0 Å². The molecule has 0 aromatic carbocycles. The van der Waals surface area contributed by atoms with E-state index in [1.165, 1.54) is 44.3 Å². The molecular formula is C9H15N. The Morgan fingerprint density at radius 2 is 2.20 bits per heavy atom. The van der Waals surface area contributed by atoms with E-state index < -0.39 is 0 Å². The van der Waals surface area contributed by atoms with E-state index in [4.69, 9.17) is 0 Å². The van der Waals surface area contributed by atoms with Crippen molar-refractivity contribution in [1.82, 2.24) is 4.90 Å². The third-order valence-electron chi connectivity index (χ3n) is 2.81. The van der Waals surface area contributed by atoms with Crippen LogP contribution in [0.4, 0.5) is 0 Å². The SMILES string of the molecule is C=C1CCN2CCCCC12. The van der Waals surface area contributed by atoms with Gasteiger partial charge < -0.3 is 0 Å². The van der Waals surface area contributed by atoms with Crippen LogP contribution in [0.25, 0.3) is 0 Å². The summed E-state index contributed by atoms with van der Waals surface area (Å²) in [6, 6.07) is 0.772. The zero-order valence-corrected chi connectivity index (χ0v) is 6.47. The molecule has 2 aliphatic rings. The predicted octanol–water partition coefficient (Wildman–Crippen LogP) is 1.80. The van der Waals surface area contributed by atoms with Gasteiger partial charge in [0.05, 0.1) is 0 Å². The molecule has 10 heavy (non-hydrogen) atoms. The van der Waals surface area contributed by atoms with Gasteiger partial charge in [-0.3, -0.25) is 4.90 Å². The fraction of sp³-hybridized carbons (Fsp3) is 0.778. The van der Waals surface area contributed by atoms with Crippen LogP contribution in [-0.4, -0.2) is 24.0 Å². The zero-order chi connectivity index (χ0) is 6.97. The fourth-order valence-electron chi connectivity index (χ4n) is 2.17. The number of piperidine rings is 1. The molecule has 0 bridgehead atoms. The van der Waals surface area contributed by atoms with Crippen molar-refractivity contribution in [2.24, 2.45) is 0 Å². The van der Waals surface area contributed by atoms with Gasteiger partial charge in [0.25, 0.3) is 0 Å². The van der Waals surface area contributed by atoms with Crippen LogP contribution in [0.2, 0.25) is 0 Å². The van der Waals surface area contributed by atoms with Crippen molar-refractivity contribution >= 4 is 0 Å². The summed E-state index contributed by atoms with van der Waals surface area (Å²) in [5, 5.41) is 0. The van der Waals surface area contributed by atoms with Gasteiger partial charge in [0.2, 0.25) is 0 Å². The lowest BCUT2D eigenvalue weighted by Crippen LogP contribution is -2.34. The molecule has 1 atom stereocenters. The highest BCUT2D eigenvalue weighted by Gasteiger charge is 2.29. The Hall–Kier alpha value is -0.300. The molecule has 0 saturated carbocycles. The predicted molar refractivity (Wildman–Crippen MR) is 43.0 cm³/mol. The average molecular weight is 137 g/mol. The van der Waals surface area contributed by atoms with Gasteiger partial charge in [-0.2, -0.15) is 0 Å². The first kappa shape index (κ1) is 6.41. The maximum atomic E-state index is 4.10. The lowest BCUT2D eigenvalue weighted by molar-refractivity contribution is 0.213. The quantitative estimate of drug-likeness (QED) is 0.460. The van der Waals surface area contributed by atoms with Crippen molar-refractivity contribution in [3.05, 3.63) is 12.2 Å². The van der Waals surface area contributed by atoms with E-state index in [2.05, 4.69) is 11.5 Å². The molecule has 2 fully saturated rings. The Balaban J connectivity index is 2.08. The number of fused-ring (bicyclic) bond motifs is 1. The minimum absolute atomic E-state index is 0.772. The molecule has 1 unspecified atom stereocenters. The molecule has 0 aromatic heterocycles. The summed E-state index contributed by atoms with van der Waals surface area (Å²) in [4.78, 5) is 2.59. The smallest absolute Gasteiger partial charge is 0.0305 e. The Kier molecular flexibility index (Phi) is 1.53. The second-order valence-corrected chi connectivity index (χ2v) is 3.46. The van der Waals surface area contributed by atoms with Gasteiger partial charge in [-0.1, -0.05) is 18.6 Å². The summed E-state index contributed by atoms with van der Waals surface area (Å²) < 4.78 is 0. The molecule has 0 amide bonds. The van der Waals surface area contributed by atoms with Crippen LogP contribution in [0.5, 0.6) is 0 Å². The first-order valence-electron chi connectivity index (χ1n) is 4.29. The highest BCUT2D eigenvalue weighted by atomic mass is 15.2. The normalized spacial score (nSPS) is 34.4. The molecule has 0 aromatic rings. The first-order valence-corrected chi connectivity index (χ1v) is 4.29. The van der Waals surface area contributed by atoms with Crippen molar-refractivity contribution in [3.63, 3.8) is 0 Å². The molecule has 1 heteroatoms. The number of hydrogen-bond acceptors (Lipinski definition) is 1. The van der Waals surface area contributed by atoms with Crippen LogP contribution < -0.4 is 0 Å². The lowest BCUT2D eigenvalue weighted by atomic mass is 10.00. The van der Waals surface area contributed by atoms with E-state index in [-0.39, 0.29) is 0 Å². The lowest BCUT2D eigenvalue weighted by Gasteiger charge is -2.29. The van der Waals surface area contributed by atoms with E-state index in [0.717, 1.165) is 6.04 Å². The molecule has 2 saturated heterocycles. The second kappa shape index (κ2) is 2.39. The summed E-state index contributed by atoms with van der Waals surface area (Å²) >= 11 is 0. The largest absolute Gasteiger partial charge is 0.296 e. The highest BCUT2D eigenvalue weighted by molar-refractivity contribution is 5.12. The topological polar surface area (TPSA) is 3.24 Å².